The van der Waals surface area contributed by atoms with Crippen LogP contribution in [0.3, 0.4) is 0 Å². The monoisotopic (exact) mass is 418 g/mol. The largest absolute Gasteiger partial charge is 0.493 e. The summed E-state index contributed by atoms with van der Waals surface area (Å²) in [6.07, 6.45) is 2.81. The lowest BCUT2D eigenvalue weighted by Gasteiger charge is -2.09. The van der Waals surface area contributed by atoms with Gasteiger partial charge in [-0.1, -0.05) is 23.8 Å². The molecule has 2 heterocycles. The Hall–Kier alpha value is -3.85. The van der Waals surface area contributed by atoms with Crippen molar-refractivity contribution in [2.45, 2.75) is 13.8 Å². The van der Waals surface area contributed by atoms with E-state index in [2.05, 4.69) is 30.2 Å². The number of thiazole rings is 1. The summed E-state index contributed by atoms with van der Waals surface area (Å²) in [4.78, 5) is 21.3. The lowest BCUT2D eigenvalue weighted by atomic mass is 10.1. The molecule has 2 aromatic heterocycles. The molecule has 0 aliphatic heterocycles. The second-order valence-electron chi connectivity index (χ2n) is 6.27. The maximum absolute atomic E-state index is 10.0. The van der Waals surface area contributed by atoms with Crippen molar-refractivity contribution in [3.05, 3.63) is 65.6 Å². The molecule has 0 aliphatic carbocycles. The number of aromatic nitrogens is 4. The van der Waals surface area contributed by atoms with Gasteiger partial charge in [0.1, 0.15) is 5.75 Å². The second kappa shape index (κ2) is 8.66. The van der Waals surface area contributed by atoms with Gasteiger partial charge in [0.05, 0.1) is 21.9 Å². The van der Waals surface area contributed by atoms with Gasteiger partial charge in [-0.2, -0.15) is 15.0 Å². The third-order valence-corrected chi connectivity index (χ3v) is 4.78. The zero-order chi connectivity index (χ0) is 20.9. The third kappa shape index (κ3) is 4.58. The number of aliphatic hydroxyl groups is 1. The van der Waals surface area contributed by atoms with Crippen LogP contribution in [0.25, 0.3) is 21.6 Å². The molecule has 0 saturated carbocycles. The number of hydrogen-bond acceptors (Lipinski definition) is 9. The number of aryl methyl sites for hydroxylation is 1. The molecule has 8 nitrogen and oxygen atoms in total. The number of benzene rings is 2. The minimum absolute atomic E-state index is 0.0969. The van der Waals surface area contributed by atoms with Crippen molar-refractivity contribution in [1.29, 1.82) is 0 Å². The molecule has 0 bridgehead atoms. The van der Waals surface area contributed by atoms with E-state index in [0.29, 0.717) is 11.6 Å². The van der Waals surface area contributed by atoms with Gasteiger partial charge in [-0.3, -0.25) is 10.3 Å². The lowest BCUT2D eigenvalue weighted by molar-refractivity contribution is 0.414. The van der Waals surface area contributed by atoms with Crippen molar-refractivity contribution < 1.29 is 9.84 Å². The fourth-order valence-electron chi connectivity index (χ4n) is 2.67. The highest BCUT2D eigenvalue weighted by Gasteiger charge is 2.12. The van der Waals surface area contributed by atoms with Crippen molar-refractivity contribution >= 4 is 33.7 Å². The highest BCUT2D eigenvalue weighted by molar-refractivity contribution is 7.16. The van der Waals surface area contributed by atoms with Crippen LogP contribution in [0.2, 0.25) is 0 Å². The number of ether oxygens (including phenoxy) is 1. The van der Waals surface area contributed by atoms with Gasteiger partial charge in [0.25, 0.3) is 0 Å². The SMILES string of the molecule is CC=N/C=C(\O)Nc1nc(Oc2ccc3ncsc3c2)nc(-c2cccc(C)c2)n1. The van der Waals surface area contributed by atoms with Crippen LogP contribution in [-0.2, 0) is 0 Å². The van der Waals surface area contributed by atoms with Crippen LogP contribution in [0.5, 0.6) is 11.8 Å². The van der Waals surface area contributed by atoms with Crippen molar-refractivity contribution in [1.82, 2.24) is 19.9 Å². The molecular formula is C21H18N6O2S. The molecule has 2 N–H and O–H groups in total. The fourth-order valence-corrected chi connectivity index (χ4v) is 3.37. The highest BCUT2D eigenvalue weighted by atomic mass is 32.1. The molecule has 0 fully saturated rings. The summed E-state index contributed by atoms with van der Waals surface area (Å²) >= 11 is 1.52. The Kier molecular flexibility index (Phi) is 5.62. The van der Waals surface area contributed by atoms with E-state index in [-0.39, 0.29) is 17.8 Å². The van der Waals surface area contributed by atoms with E-state index in [9.17, 15) is 5.11 Å². The average molecular weight is 418 g/mol. The summed E-state index contributed by atoms with van der Waals surface area (Å²) in [6, 6.07) is 13.4. The standard InChI is InChI=1S/C21H18N6O2S/c1-3-22-11-18(28)24-20-25-19(14-6-4-5-13(2)9-14)26-21(27-20)29-15-7-8-16-17(10-15)30-12-23-16/h3-12,28H,1-2H3,(H,24,25,26,27)/b18-11-,22-3?. The van der Waals surface area contributed by atoms with Gasteiger partial charge in [-0.25, -0.2) is 4.98 Å². The lowest BCUT2D eigenvalue weighted by Crippen LogP contribution is -2.06. The molecule has 30 heavy (non-hydrogen) atoms. The van der Waals surface area contributed by atoms with Crippen molar-refractivity contribution in [2.24, 2.45) is 4.99 Å². The van der Waals surface area contributed by atoms with E-state index in [0.717, 1.165) is 21.3 Å². The first-order valence-corrected chi connectivity index (χ1v) is 9.97. The number of aliphatic imine (C=N–C) groups is 1. The van der Waals surface area contributed by atoms with Crippen molar-refractivity contribution in [2.75, 3.05) is 5.32 Å². The van der Waals surface area contributed by atoms with Gasteiger partial charge >= 0.3 is 6.01 Å². The first-order chi connectivity index (χ1) is 14.6. The Morgan fingerprint density at radius 1 is 1.17 bits per heavy atom. The molecular weight excluding hydrogens is 400 g/mol. The number of nitrogens with one attached hydrogen (secondary N) is 1. The zero-order valence-corrected chi connectivity index (χ0v) is 17.1. The maximum Gasteiger partial charge on any atom is 0.327 e. The van der Waals surface area contributed by atoms with Crippen LogP contribution in [0.15, 0.2) is 65.1 Å². The second-order valence-corrected chi connectivity index (χ2v) is 7.15. The third-order valence-electron chi connectivity index (χ3n) is 3.99. The van der Waals surface area contributed by atoms with Crippen LogP contribution >= 0.6 is 11.3 Å². The Morgan fingerprint density at radius 3 is 2.90 bits per heavy atom. The summed E-state index contributed by atoms with van der Waals surface area (Å²) in [7, 11) is 0. The van der Waals surface area contributed by atoms with Crippen LogP contribution in [0.1, 0.15) is 12.5 Å². The number of hydrogen-bond donors (Lipinski definition) is 2. The zero-order valence-electron chi connectivity index (χ0n) is 16.3. The maximum atomic E-state index is 10.0. The molecule has 0 aliphatic rings. The molecule has 0 saturated heterocycles. The molecule has 0 amide bonds. The van der Waals surface area contributed by atoms with E-state index in [1.807, 2.05) is 43.3 Å². The predicted octanol–water partition coefficient (Wildman–Crippen LogP) is 5.11. The number of rotatable bonds is 6. The van der Waals surface area contributed by atoms with Crippen LogP contribution in [-0.4, -0.2) is 31.3 Å². The Balaban J connectivity index is 1.72. The normalized spacial score (nSPS) is 11.9. The molecule has 2 aromatic carbocycles. The molecule has 4 aromatic rings. The van der Waals surface area contributed by atoms with Crippen LogP contribution in [0.4, 0.5) is 5.95 Å². The first kappa shape index (κ1) is 19.5. The number of aliphatic hydroxyl groups excluding tert-OH is 1. The Bertz CT molecular complexity index is 1250. The van der Waals surface area contributed by atoms with Crippen LogP contribution < -0.4 is 10.1 Å². The molecule has 0 radical (unpaired) electrons. The number of fused-ring (bicyclic) bond motifs is 1. The van der Waals surface area contributed by atoms with Gasteiger partial charge in [0, 0.05) is 17.8 Å². The van der Waals surface area contributed by atoms with Gasteiger partial charge in [-0.15, -0.1) is 11.3 Å². The minimum atomic E-state index is -0.202. The summed E-state index contributed by atoms with van der Waals surface area (Å²) in [5, 5.41) is 12.7. The fraction of sp³-hybridized carbons (Fsp3) is 0.0952. The van der Waals surface area contributed by atoms with E-state index in [1.54, 1.807) is 24.7 Å². The number of nitrogens with zero attached hydrogens (tertiary/aromatic N) is 5. The molecule has 9 heteroatoms. The Labute approximate surface area is 176 Å². The van der Waals surface area contributed by atoms with Gasteiger partial charge in [0.15, 0.2) is 5.82 Å². The highest BCUT2D eigenvalue weighted by Crippen LogP contribution is 2.27. The smallest absolute Gasteiger partial charge is 0.327 e. The molecule has 0 spiro atoms. The molecule has 150 valence electrons. The quantitative estimate of drug-likeness (QED) is 0.331. The summed E-state index contributed by atoms with van der Waals surface area (Å²) in [5.41, 5.74) is 4.56. The summed E-state index contributed by atoms with van der Waals surface area (Å²) in [5.74, 6) is 0.924. The van der Waals surface area contributed by atoms with Crippen LogP contribution in [0, 0.1) is 6.92 Å². The topological polar surface area (TPSA) is 105 Å². The van der Waals surface area contributed by atoms with Gasteiger partial charge in [0.2, 0.25) is 11.8 Å². The van der Waals surface area contributed by atoms with E-state index >= 15 is 0 Å². The van der Waals surface area contributed by atoms with E-state index in [4.69, 9.17) is 4.74 Å². The Morgan fingerprint density at radius 2 is 2.07 bits per heavy atom. The van der Waals surface area contributed by atoms with E-state index < -0.39 is 0 Å². The summed E-state index contributed by atoms with van der Waals surface area (Å²) < 4.78 is 6.89. The average Bonchev–Trinajstić information content (AvgIpc) is 3.20. The van der Waals surface area contributed by atoms with Crippen molar-refractivity contribution in [3.8, 4) is 23.1 Å². The molecule has 0 atom stereocenters. The van der Waals surface area contributed by atoms with Gasteiger partial charge < -0.3 is 9.84 Å². The number of anilines is 1. The van der Waals surface area contributed by atoms with Crippen molar-refractivity contribution in [3.63, 3.8) is 0 Å². The van der Waals surface area contributed by atoms with Gasteiger partial charge in [-0.05, 0) is 32.0 Å². The minimum Gasteiger partial charge on any atom is -0.493 e. The molecule has 0 unspecified atom stereocenters. The predicted molar refractivity (Wildman–Crippen MR) is 118 cm³/mol. The summed E-state index contributed by atoms with van der Waals surface area (Å²) in [6.45, 7) is 3.73. The first-order valence-electron chi connectivity index (χ1n) is 9.09. The van der Waals surface area contributed by atoms with E-state index in [1.165, 1.54) is 17.5 Å². The molecule has 4 rings (SSSR count).